The van der Waals surface area contributed by atoms with Gasteiger partial charge in [0, 0.05) is 25.1 Å². The van der Waals surface area contributed by atoms with Gasteiger partial charge in [0.25, 0.3) is 0 Å². The third-order valence-electron chi connectivity index (χ3n) is 3.85. The highest BCUT2D eigenvalue weighted by molar-refractivity contribution is 4.86. The van der Waals surface area contributed by atoms with E-state index in [1.165, 1.54) is 12.8 Å². The van der Waals surface area contributed by atoms with E-state index in [0.717, 1.165) is 25.3 Å². The number of likely N-dealkylation sites (N-methyl/N-ethyl adjacent to an activating group) is 1. The quantitative estimate of drug-likeness (QED) is 0.750. The molecule has 16 heavy (non-hydrogen) atoms. The van der Waals surface area contributed by atoms with Gasteiger partial charge in [0.1, 0.15) is 0 Å². The van der Waals surface area contributed by atoms with E-state index in [1.807, 2.05) is 14.0 Å². The number of rotatable bonds is 5. The van der Waals surface area contributed by atoms with Gasteiger partial charge in [0.15, 0.2) is 0 Å². The zero-order valence-corrected chi connectivity index (χ0v) is 10.9. The van der Waals surface area contributed by atoms with Crippen molar-refractivity contribution in [1.82, 2.24) is 4.90 Å². The molecule has 3 nitrogen and oxygen atoms in total. The van der Waals surface area contributed by atoms with Crippen LogP contribution >= 0.6 is 0 Å². The lowest BCUT2D eigenvalue weighted by molar-refractivity contribution is 0.0251. The lowest BCUT2D eigenvalue weighted by atomic mass is 9.71. The third kappa shape index (κ3) is 4.04. The van der Waals surface area contributed by atoms with Gasteiger partial charge >= 0.3 is 0 Å². The summed E-state index contributed by atoms with van der Waals surface area (Å²) >= 11 is 0. The highest BCUT2D eigenvalue weighted by Crippen LogP contribution is 2.38. The molecule has 1 atom stereocenters. The van der Waals surface area contributed by atoms with Gasteiger partial charge in [-0.25, -0.2) is 0 Å². The molecular weight excluding hydrogens is 202 g/mol. The molecule has 1 unspecified atom stereocenters. The van der Waals surface area contributed by atoms with E-state index in [9.17, 15) is 10.2 Å². The molecule has 2 N–H and O–H groups in total. The van der Waals surface area contributed by atoms with Crippen LogP contribution in [-0.2, 0) is 0 Å². The molecule has 1 rings (SSSR count). The molecule has 0 radical (unpaired) electrons. The third-order valence-corrected chi connectivity index (χ3v) is 3.85. The first-order chi connectivity index (χ1) is 7.47. The van der Waals surface area contributed by atoms with Gasteiger partial charge in [0.05, 0.1) is 6.10 Å². The van der Waals surface area contributed by atoms with Crippen molar-refractivity contribution >= 4 is 0 Å². The van der Waals surface area contributed by atoms with Crippen molar-refractivity contribution in [2.75, 3.05) is 26.7 Å². The second-order valence-electron chi connectivity index (χ2n) is 5.89. The fourth-order valence-corrected chi connectivity index (χ4v) is 2.83. The number of aliphatic hydroxyl groups excluding tert-OH is 2. The summed E-state index contributed by atoms with van der Waals surface area (Å²) in [4.78, 5) is 2.15. The Morgan fingerprint density at radius 2 is 1.94 bits per heavy atom. The summed E-state index contributed by atoms with van der Waals surface area (Å²) in [6, 6.07) is 0. The van der Waals surface area contributed by atoms with Crippen molar-refractivity contribution in [3.05, 3.63) is 0 Å². The molecule has 3 heteroatoms. The smallest absolute Gasteiger partial charge is 0.0638 e. The summed E-state index contributed by atoms with van der Waals surface area (Å²) in [6.45, 7) is 5.98. The summed E-state index contributed by atoms with van der Waals surface area (Å²) in [6.07, 6.45) is 4.40. The Kier molecular flexibility index (Phi) is 5.22. The van der Waals surface area contributed by atoms with Crippen LogP contribution in [0.4, 0.5) is 0 Å². The zero-order valence-electron chi connectivity index (χ0n) is 10.9. The summed E-state index contributed by atoms with van der Waals surface area (Å²) in [5, 5.41) is 19.0. The van der Waals surface area contributed by atoms with Crippen molar-refractivity contribution in [3.63, 3.8) is 0 Å². The summed E-state index contributed by atoms with van der Waals surface area (Å²) in [5.41, 5.74) is 0.0795. The van der Waals surface area contributed by atoms with Gasteiger partial charge in [0.2, 0.25) is 0 Å². The predicted molar refractivity (Wildman–Crippen MR) is 66.3 cm³/mol. The molecule has 0 saturated heterocycles. The Hall–Kier alpha value is -0.120. The lowest BCUT2D eigenvalue weighted by Gasteiger charge is -2.40. The SMILES string of the molecule is CC(O)CN(C)CC1(CO)CCC(C)CC1. The van der Waals surface area contributed by atoms with Crippen molar-refractivity contribution in [1.29, 1.82) is 0 Å². The van der Waals surface area contributed by atoms with Gasteiger partial charge < -0.3 is 15.1 Å². The average molecular weight is 229 g/mol. The molecule has 0 aliphatic heterocycles. The van der Waals surface area contributed by atoms with Crippen LogP contribution in [0.25, 0.3) is 0 Å². The van der Waals surface area contributed by atoms with Crippen LogP contribution in [-0.4, -0.2) is 48.0 Å². The zero-order chi connectivity index (χ0) is 12.2. The standard InChI is InChI=1S/C13H27NO2/c1-11-4-6-13(10-15,7-5-11)9-14(3)8-12(2)16/h11-12,15-16H,4-10H2,1-3H3. The van der Waals surface area contributed by atoms with Gasteiger partial charge in [-0.15, -0.1) is 0 Å². The number of hydrogen-bond acceptors (Lipinski definition) is 3. The predicted octanol–water partition coefficient (Wildman–Crippen LogP) is 1.49. The second kappa shape index (κ2) is 5.99. The first-order valence-corrected chi connectivity index (χ1v) is 6.45. The molecule has 0 bridgehead atoms. The maximum atomic E-state index is 9.62. The van der Waals surface area contributed by atoms with E-state index in [4.69, 9.17) is 0 Å². The lowest BCUT2D eigenvalue weighted by Crippen LogP contribution is -2.43. The van der Waals surface area contributed by atoms with Crippen LogP contribution in [0, 0.1) is 11.3 Å². The normalized spacial score (nSPS) is 33.0. The number of nitrogens with zero attached hydrogens (tertiary/aromatic N) is 1. The first-order valence-electron chi connectivity index (χ1n) is 6.45. The van der Waals surface area contributed by atoms with Crippen LogP contribution in [0.1, 0.15) is 39.5 Å². The number of hydrogen-bond donors (Lipinski definition) is 2. The van der Waals surface area contributed by atoms with Crippen molar-refractivity contribution in [3.8, 4) is 0 Å². The number of aliphatic hydroxyl groups is 2. The molecule has 1 saturated carbocycles. The molecule has 0 aromatic heterocycles. The van der Waals surface area contributed by atoms with Crippen LogP contribution in [0.3, 0.4) is 0 Å². The largest absolute Gasteiger partial charge is 0.396 e. The van der Waals surface area contributed by atoms with E-state index in [1.54, 1.807) is 0 Å². The van der Waals surface area contributed by atoms with E-state index >= 15 is 0 Å². The molecule has 0 heterocycles. The monoisotopic (exact) mass is 229 g/mol. The Balaban J connectivity index is 2.47. The molecule has 0 spiro atoms. The highest BCUT2D eigenvalue weighted by atomic mass is 16.3. The minimum atomic E-state index is -0.289. The summed E-state index contributed by atoms with van der Waals surface area (Å²) < 4.78 is 0. The molecule has 1 aliphatic carbocycles. The van der Waals surface area contributed by atoms with Crippen LogP contribution < -0.4 is 0 Å². The van der Waals surface area contributed by atoms with Crippen molar-refractivity contribution in [2.24, 2.45) is 11.3 Å². The van der Waals surface area contributed by atoms with Gasteiger partial charge in [-0.1, -0.05) is 19.8 Å². The van der Waals surface area contributed by atoms with E-state index in [2.05, 4.69) is 11.8 Å². The highest BCUT2D eigenvalue weighted by Gasteiger charge is 2.34. The van der Waals surface area contributed by atoms with Crippen LogP contribution in [0.15, 0.2) is 0 Å². The van der Waals surface area contributed by atoms with Gasteiger partial charge in [-0.3, -0.25) is 0 Å². The minimum Gasteiger partial charge on any atom is -0.396 e. The van der Waals surface area contributed by atoms with Crippen molar-refractivity contribution in [2.45, 2.75) is 45.6 Å². The van der Waals surface area contributed by atoms with Crippen LogP contribution in [0.5, 0.6) is 0 Å². The molecule has 0 amide bonds. The van der Waals surface area contributed by atoms with Crippen LogP contribution in [0.2, 0.25) is 0 Å². The van der Waals surface area contributed by atoms with Crippen molar-refractivity contribution < 1.29 is 10.2 Å². The summed E-state index contributed by atoms with van der Waals surface area (Å²) in [7, 11) is 2.03. The molecule has 1 aliphatic rings. The fourth-order valence-electron chi connectivity index (χ4n) is 2.83. The minimum absolute atomic E-state index is 0.0795. The first kappa shape index (κ1) is 13.9. The fraction of sp³-hybridized carbons (Fsp3) is 1.00. The molecule has 1 fully saturated rings. The van der Waals surface area contributed by atoms with E-state index < -0.39 is 0 Å². The van der Waals surface area contributed by atoms with Gasteiger partial charge in [-0.05, 0) is 32.7 Å². The summed E-state index contributed by atoms with van der Waals surface area (Å²) in [5.74, 6) is 0.807. The maximum Gasteiger partial charge on any atom is 0.0638 e. The topological polar surface area (TPSA) is 43.7 Å². The Bertz CT molecular complexity index is 198. The van der Waals surface area contributed by atoms with Gasteiger partial charge in [-0.2, -0.15) is 0 Å². The Labute approximate surface area is 99.5 Å². The average Bonchev–Trinajstić information content (AvgIpc) is 2.21. The Morgan fingerprint density at radius 1 is 1.38 bits per heavy atom. The molecule has 0 aromatic rings. The van der Waals surface area contributed by atoms with E-state index in [0.29, 0.717) is 6.54 Å². The molecule has 0 aromatic carbocycles. The Morgan fingerprint density at radius 3 is 2.38 bits per heavy atom. The maximum absolute atomic E-state index is 9.62. The second-order valence-corrected chi connectivity index (χ2v) is 5.89. The molecular formula is C13H27NO2. The molecule has 96 valence electrons. The van der Waals surface area contributed by atoms with E-state index in [-0.39, 0.29) is 18.1 Å².